The van der Waals surface area contributed by atoms with E-state index < -0.39 is 14.6 Å². The first-order chi connectivity index (χ1) is 11.7. The lowest BCUT2D eigenvalue weighted by Crippen LogP contribution is -2.57. The van der Waals surface area contributed by atoms with E-state index in [1.165, 1.54) is 0 Å². The number of guanidine groups is 1. The number of rotatable bonds is 5. The molecule has 26 heavy (non-hydrogen) atoms. The molecule has 2 heterocycles. The van der Waals surface area contributed by atoms with Crippen LogP contribution in [-0.2, 0) is 16.4 Å². The first-order valence-corrected chi connectivity index (χ1v) is 10.5. The van der Waals surface area contributed by atoms with Gasteiger partial charge in [0.05, 0.1) is 22.7 Å². The summed E-state index contributed by atoms with van der Waals surface area (Å²) < 4.78 is 28.9. The molecule has 0 bridgehead atoms. The van der Waals surface area contributed by atoms with Crippen LogP contribution in [0.15, 0.2) is 15.6 Å². The molecule has 1 aliphatic heterocycles. The highest BCUT2D eigenvalue weighted by atomic mass is 127. The summed E-state index contributed by atoms with van der Waals surface area (Å²) in [5.41, 5.74) is 0.988. The Balaban J connectivity index is 0.00000338. The molecule has 0 spiro atoms. The highest BCUT2D eigenvalue weighted by Crippen LogP contribution is 2.24. The third-order valence-corrected chi connectivity index (χ3v) is 7.49. The largest absolute Gasteiger partial charge is 0.359 e. The van der Waals surface area contributed by atoms with Crippen molar-refractivity contribution in [3.63, 3.8) is 0 Å². The van der Waals surface area contributed by atoms with Crippen LogP contribution in [0, 0.1) is 0 Å². The third-order valence-electron chi connectivity index (χ3n) is 4.96. The molecule has 2 rings (SSSR count). The van der Waals surface area contributed by atoms with E-state index in [0.29, 0.717) is 31.5 Å². The number of hydrogen-bond acceptors (Lipinski definition) is 5. The number of sulfone groups is 1. The van der Waals surface area contributed by atoms with Gasteiger partial charge in [0.2, 0.25) is 0 Å². The molecule has 9 heteroatoms. The maximum atomic E-state index is 12.2. The first-order valence-electron chi connectivity index (χ1n) is 8.87. The van der Waals surface area contributed by atoms with Crippen molar-refractivity contribution in [2.45, 2.75) is 57.7 Å². The van der Waals surface area contributed by atoms with Crippen LogP contribution in [0.2, 0.25) is 0 Å². The normalized spacial score (nSPS) is 19.3. The van der Waals surface area contributed by atoms with Crippen LogP contribution in [0.25, 0.3) is 0 Å². The van der Waals surface area contributed by atoms with E-state index in [4.69, 9.17) is 4.52 Å². The fourth-order valence-electron chi connectivity index (χ4n) is 3.13. The molecule has 1 N–H and O–H groups in total. The summed E-state index contributed by atoms with van der Waals surface area (Å²) in [5.74, 6) is 2.00. The lowest BCUT2D eigenvalue weighted by Gasteiger charge is -2.39. The van der Waals surface area contributed by atoms with Gasteiger partial charge in [-0.15, -0.1) is 24.0 Å². The van der Waals surface area contributed by atoms with Crippen molar-refractivity contribution in [3.8, 4) is 0 Å². The van der Waals surface area contributed by atoms with Crippen molar-refractivity contribution in [1.29, 1.82) is 0 Å². The summed E-state index contributed by atoms with van der Waals surface area (Å²) in [6, 6.07) is 1.99. The van der Waals surface area contributed by atoms with Crippen molar-refractivity contribution in [2.24, 2.45) is 4.99 Å². The fourth-order valence-corrected chi connectivity index (χ4v) is 4.50. The first kappa shape index (κ1) is 23.2. The highest BCUT2D eigenvalue weighted by molar-refractivity contribution is 14.0. The van der Waals surface area contributed by atoms with Crippen LogP contribution in [0.1, 0.15) is 57.9 Å². The molecule has 0 atom stereocenters. The second kappa shape index (κ2) is 9.38. The quantitative estimate of drug-likeness (QED) is 0.382. The molecule has 1 aliphatic rings. The summed E-state index contributed by atoms with van der Waals surface area (Å²) >= 11 is 0. The van der Waals surface area contributed by atoms with Crippen LogP contribution in [0.4, 0.5) is 0 Å². The minimum atomic E-state index is -3.07. The molecule has 0 aliphatic carbocycles. The van der Waals surface area contributed by atoms with Gasteiger partial charge in [-0.2, -0.15) is 0 Å². The summed E-state index contributed by atoms with van der Waals surface area (Å²) in [4.78, 5) is 6.27. The molecule has 0 amide bonds. The number of nitrogens with zero attached hydrogens (tertiary/aromatic N) is 3. The van der Waals surface area contributed by atoms with Gasteiger partial charge >= 0.3 is 0 Å². The molecular weight excluding hydrogens is 467 g/mol. The molecule has 0 saturated carbocycles. The number of nitrogens with one attached hydrogen (secondary N) is 1. The van der Waals surface area contributed by atoms with Crippen molar-refractivity contribution < 1.29 is 12.9 Å². The smallest absolute Gasteiger partial charge is 0.194 e. The maximum Gasteiger partial charge on any atom is 0.194 e. The Kier molecular flexibility index (Phi) is 8.37. The minimum absolute atomic E-state index is 0. The molecule has 0 unspecified atom stereocenters. The Bertz CT molecular complexity index is 711. The van der Waals surface area contributed by atoms with Gasteiger partial charge in [-0.1, -0.05) is 19.0 Å². The number of aliphatic imine (C=N–C) groups is 1. The van der Waals surface area contributed by atoms with E-state index in [2.05, 4.69) is 29.3 Å². The van der Waals surface area contributed by atoms with Crippen LogP contribution < -0.4 is 5.32 Å². The molecule has 0 radical (unpaired) electrons. The monoisotopic (exact) mass is 498 g/mol. The van der Waals surface area contributed by atoms with E-state index >= 15 is 0 Å². The molecule has 1 aromatic rings. The number of halogens is 1. The predicted octanol–water partition coefficient (Wildman–Crippen LogP) is 2.78. The van der Waals surface area contributed by atoms with Crippen molar-refractivity contribution in [1.82, 2.24) is 15.4 Å². The Labute approximate surface area is 173 Å². The van der Waals surface area contributed by atoms with Gasteiger partial charge in [0, 0.05) is 32.1 Å². The van der Waals surface area contributed by atoms with Gasteiger partial charge in [0.25, 0.3) is 0 Å². The van der Waals surface area contributed by atoms with E-state index in [-0.39, 0.29) is 29.7 Å². The Hall–Kier alpha value is -0.840. The highest BCUT2D eigenvalue weighted by Gasteiger charge is 2.40. The Morgan fingerprint density at radius 2 is 2.08 bits per heavy atom. The van der Waals surface area contributed by atoms with Crippen molar-refractivity contribution >= 4 is 39.8 Å². The molecule has 1 fully saturated rings. The average molecular weight is 498 g/mol. The topological polar surface area (TPSA) is 87.8 Å². The summed E-state index contributed by atoms with van der Waals surface area (Å²) in [6.07, 6.45) is 2.07. The number of hydrogen-bond donors (Lipinski definition) is 1. The lowest BCUT2D eigenvalue weighted by atomic mass is 9.99. The van der Waals surface area contributed by atoms with E-state index in [9.17, 15) is 8.42 Å². The van der Waals surface area contributed by atoms with Crippen molar-refractivity contribution in [2.75, 3.05) is 25.9 Å². The summed E-state index contributed by atoms with van der Waals surface area (Å²) in [5, 5.41) is 7.43. The second-order valence-electron chi connectivity index (χ2n) is 7.13. The van der Waals surface area contributed by atoms with Crippen LogP contribution in [0.3, 0.4) is 0 Å². The molecule has 150 valence electrons. The molecule has 1 saturated heterocycles. The van der Waals surface area contributed by atoms with E-state index in [1.54, 1.807) is 20.9 Å². The van der Waals surface area contributed by atoms with Gasteiger partial charge in [-0.3, -0.25) is 4.99 Å². The van der Waals surface area contributed by atoms with Crippen molar-refractivity contribution in [3.05, 3.63) is 17.5 Å². The molecule has 7 nitrogen and oxygen atoms in total. The SMILES string of the molecule is CCC(CC)c1cc(CNC(=NC)N2CCS(=O)(=O)C(C)(C)C2)on1.I. The van der Waals surface area contributed by atoms with Crippen LogP contribution in [0.5, 0.6) is 0 Å². The lowest BCUT2D eigenvalue weighted by molar-refractivity contribution is 0.343. The zero-order valence-electron chi connectivity index (χ0n) is 16.3. The summed E-state index contributed by atoms with van der Waals surface area (Å²) in [7, 11) is -1.36. The fraction of sp³-hybridized carbons (Fsp3) is 0.765. The Morgan fingerprint density at radius 3 is 2.62 bits per heavy atom. The number of aromatic nitrogens is 1. The Morgan fingerprint density at radius 1 is 1.42 bits per heavy atom. The third kappa shape index (κ3) is 5.11. The van der Waals surface area contributed by atoms with E-state index in [0.717, 1.165) is 24.3 Å². The van der Waals surface area contributed by atoms with E-state index in [1.807, 2.05) is 11.0 Å². The van der Waals surface area contributed by atoms with Gasteiger partial charge in [0.1, 0.15) is 0 Å². The van der Waals surface area contributed by atoms with Crippen LogP contribution in [-0.4, -0.2) is 55.1 Å². The standard InChI is InChI=1S/C17H30N4O3S.HI/c1-6-13(7-2)15-10-14(24-20-15)11-19-16(18-5)21-8-9-25(22,23)17(3,4)12-21;/h10,13H,6-9,11-12H2,1-5H3,(H,18,19);1H. The average Bonchev–Trinajstić information content (AvgIpc) is 3.01. The molecule has 0 aromatic carbocycles. The molecular formula is C17H31IN4O3S. The zero-order chi connectivity index (χ0) is 18.7. The summed E-state index contributed by atoms with van der Waals surface area (Å²) in [6.45, 7) is 9.17. The van der Waals surface area contributed by atoms with Gasteiger partial charge in [-0.05, 0) is 26.7 Å². The van der Waals surface area contributed by atoms with Gasteiger partial charge < -0.3 is 14.7 Å². The maximum absolute atomic E-state index is 12.2. The van der Waals surface area contributed by atoms with Crippen LogP contribution >= 0.6 is 24.0 Å². The van der Waals surface area contributed by atoms with Gasteiger partial charge in [-0.25, -0.2) is 8.42 Å². The second-order valence-corrected chi connectivity index (χ2v) is 9.88. The van der Waals surface area contributed by atoms with Gasteiger partial charge in [0.15, 0.2) is 21.6 Å². The zero-order valence-corrected chi connectivity index (χ0v) is 19.4. The minimum Gasteiger partial charge on any atom is -0.359 e. The molecule has 1 aromatic heterocycles. The predicted molar refractivity (Wildman–Crippen MR) is 115 cm³/mol.